The van der Waals surface area contributed by atoms with Crippen LogP contribution in [-0.4, -0.2) is 22.9 Å². The topological polar surface area (TPSA) is 29.9 Å². The van der Waals surface area contributed by atoms with Crippen LogP contribution in [0.2, 0.25) is 0 Å². The average Bonchev–Trinajstić information content (AvgIpc) is 2.84. The van der Waals surface area contributed by atoms with E-state index in [0.717, 1.165) is 18.9 Å². The van der Waals surface area contributed by atoms with Crippen molar-refractivity contribution in [3.63, 3.8) is 0 Å². The molecule has 1 aromatic heterocycles. The Hall–Kier alpha value is -0.830. The Kier molecular flexibility index (Phi) is 2.64. The number of rotatable bonds is 5. The second kappa shape index (κ2) is 3.92. The van der Waals surface area contributed by atoms with Crippen molar-refractivity contribution >= 4 is 0 Å². The van der Waals surface area contributed by atoms with E-state index >= 15 is 0 Å². The minimum absolute atomic E-state index is 0.980. The zero-order chi connectivity index (χ0) is 9.10. The standard InChI is InChI=1S/C10H17N3/c1-13-8-10(7-12-13)4-5-11-6-9-2-3-9/h7-9,11H,2-6H2,1H3. The summed E-state index contributed by atoms with van der Waals surface area (Å²) < 4.78 is 1.86. The molecule has 1 aromatic rings. The quantitative estimate of drug-likeness (QED) is 0.682. The van der Waals surface area contributed by atoms with Crippen LogP contribution in [0.1, 0.15) is 18.4 Å². The molecular formula is C10H17N3. The first-order valence-electron chi connectivity index (χ1n) is 5.03. The lowest BCUT2D eigenvalue weighted by Crippen LogP contribution is -2.19. The van der Waals surface area contributed by atoms with Gasteiger partial charge in [-0.25, -0.2) is 0 Å². The summed E-state index contributed by atoms with van der Waals surface area (Å²) in [7, 11) is 1.96. The average molecular weight is 179 g/mol. The van der Waals surface area contributed by atoms with E-state index in [1.165, 1.54) is 24.9 Å². The molecule has 1 heterocycles. The molecular weight excluding hydrogens is 162 g/mol. The van der Waals surface area contributed by atoms with Gasteiger partial charge < -0.3 is 5.32 Å². The van der Waals surface area contributed by atoms with Crippen molar-refractivity contribution < 1.29 is 0 Å². The molecule has 0 aromatic carbocycles. The molecule has 1 N–H and O–H groups in total. The Balaban J connectivity index is 1.61. The van der Waals surface area contributed by atoms with Gasteiger partial charge in [0.2, 0.25) is 0 Å². The summed E-state index contributed by atoms with van der Waals surface area (Å²) in [5.41, 5.74) is 1.32. The van der Waals surface area contributed by atoms with Crippen LogP contribution in [0.3, 0.4) is 0 Å². The van der Waals surface area contributed by atoms with Gasteiger partial charge in [0.25, 0.3) is 0 Å². The van der Waals surface area contributed by atoms with Gasteiger partial charge in [0.15, 0.2) is 0 Å². The van der Waals surface area contributed by atoms with Crippen LogP contribution < -0.4 is 5.32 Å². The molecule has 13 heavy (non-hydrogen) atoms. The van der Waals surface area contributed by atoms with Crippen LogP contribution >= 0.6 is 0 Å². The van der Waals surface area contributed by atoms with Crippen molar-refractivity contribution in [3.8, 4) is 0 Å². The molecule has 0 aliphatic heterocycles. The number of hydrogen-bond acceptors (Lipinski definition) is 2. The molecule has 0 unspecified atom stereocenters. The molecule has 0 radical (unpaired) electrons. The van der Waals surface area contributed by atoms with Gasteiger partial charge in [0, 0.05) is 13.2 Å². The summed E-state index contributed by atoms with van der Waals surface area (Å²) in [5.74, 6) is 0.980. The van der Waals surface area contributed by atoms with Crippen LogP contribution in [0.4, 0.5) is 0 Å². The van der Waals surface area contributed by atoms with E-state index in [9.17, 15) is 0 Å². The molecule has 1 fully saturated rings. The van der Waals surface area contributed by atoms with E-state index in [0.29, 0.717) is 0 Å². The van der Waals surface area contributed by atoms with E-state index in [1.54, 1.807) is 0 Å². The smallest absolute Gasteiger partial charge is 0.0522 e. The Morgan fingerprint density at radius 3 is 3.08 bits per heavy atom. The lowest BCUT2D eigenvalue weighted by atomic mass is 10.2. The van der Waals surface area contributed by atoms with Gasteiger partial charge in [-0.3, -0.25) is 4.68 Å². The van der Waals surface area contributed by atoms with Crippen molar-refractivity contribution in [2.75, 3.05) is 13.1 Å². The van der Waals surface area contributed by atoms with Crippen LogP contribution in [0, 0.1) is 5.92 Å². The van der Waals surface area contributed by atoms with Crippen LogP contribution in [-0.2, 0) is 13.5 Å². The Labute approximate surface area is 79.1 Å². The van der Waals surface area contributed by atoms with Crippen molar-refractivity contribution in [1.29, 1.82) is 0 Å². The minimum Gasteiger partial charge on any atom is -0.316 e. The van der Waals surface area contributed by atoms with Gasteiger partial charge in [-0.05, 0) is 43.8 Å². The van der Waals surface area contributed by atoms with Crippen LogP contribution in [0.15, 0.2) is 12.4 Å². The zero-order valence-corrected chi connectivity index (χ0v) is 8.16. The maximum Gasteiger partial charge on any atom is 0.0522 e. The number of aryl methyl sites for hydroxylation is 1. The second-order valence-corrected chi connectivity index (χ2v) is 3.92. The molecule has 3 nitrogen and oxygen atoms in total. The molecule has 1 aliphatic carbocycles. The SMILES string of the molecule is Cn1cc(CCNCC2CC2)cn1. The first-order chi connectivity index (χ1) is 6.34. The largest absolute Gasteiger partial charge is 0.316 e. The molecule has 0 amide bonds. The molecule has 0 spiro atoms. The van der Waals surface area contributed by atoms with Crippen molar-refractivity contribution in [3.05, 3.63) is 18.0 Å². The minimum atomic E-state index is 0.980. The van der Waals surface area contributed by atoms with Crippen LogP contribution in [0.5, 0.6) is 0 Å². The molecule has 72 valence electrons. The molecule has 1 aliphatic rings. The first-order valence-corrected chi connectivity index (χ1v) is 5.03. The third-order valence-corrected chi connectivity index (χ3v) is 2.48. The maximum absolute atomic E-state index is 4.13. The molecule has 0 atom stereocenters. The summed E-state index contributed by atoms with van der Waals surface area (Å²) in [4.78, 5) is 0. The Morgan fingerprint density at radius 1 is 1.62 bits per heavy atom. The normalized spacial score (nSPS) is 16.4. The van der Waals surface area contributed by atoms with E-state index in [1.807, 2.05) is 17.9 Å². The number of nitrogens with one attached hydrogen (secondary N) is 1. The monoisotopic (exact) mass is 179 g/mol. The molecule has 2 rings (SSSR count). The predicted molar refractivity (Wildman–Crippen MR) is 52.5 cm³/mol. The fraction of sp³-hybridized carbons (Fsp3) is 0.700. The lowest BCUT2D eigenvalue weighted by Gasteiger charge is -2.00. The highest BCUT2D eigenvalue weighted by atomic mass is 15.2. The summed E-state index contributed by atoms with van der Waals surface area (Å²) in [6, 6.07) is 0. The Bertz CT molecular complexity index is 263. The fourth-order valence-electron chi connectivity index (χ4n) is 1.46. The van der Waals surface area contributed by atoms with E-state index < -0.39 is 0 Å². The van der Waals surface area contributed by atoms with Gasteiger partial charge in [-0.1, -0.05) is 0 Å². The lowest BCUT2D eigenvalue weighted by molar-refractivity contribution is 0.637. The predicted octanol–water partition coefficient (Wildman–Crippen LogP) is 0.962. The summed E-state index contributed by atoms with van der Waals surface area (Å²) in [6.45, 7) is 2.29. The van der Waals surface area contributed by atoms with E-state index in [4.69, 9.17) is 0 Å². The molecule has 1 saturated carbocycles. The number of hydrogen-bond donors (Lipinski definition) is 1. The van der Waals surface area contributed by atoms with Gasteiger partial charge in [-0.15, -0.1) is 0 Å². The van der Waals surface area contributed by atoms with Crippen molar-refractivity contribution in [2.45, 2.75) is 19.3 Å². The van der Waals surface area contributed by atoms with Crippen molar-refractivity contribution in [1.82, 2.24) is 15.1 Å². The number of aromatic nitrogens is 2. The van der Waals surface area contributed by atoms with Crippen molar-refractivity contribution in [2.24, 2.45) is 13.0 Å². The van der Waals surface area contributed by atoms with Gasteiger partial charge in [-0.2, -0.15) is 5.10 Å². The van der Waals surface area contributed by atoms with Gasteiger partial charge >= 0.3 is 0 Å². The summed E-state index contributed by atoms with van der Waals surface area (Å²) in [6.07, 6.45) is 7.98. The van der Waals surface area contributed by atoms with Gasteiger partial charge in [0.1, 0.15) is 0 Å². The van der Waals surface area contributed by atoms with E-state index in [2.05, 4.69) is 16.6 Å². The number of nitrogens with zero attached hydrogens (tertiary/aromatic N) is 2. The molecule has 3 heteroatoms. The highest BCUT2D eigenvalue weighted by molar-refractivity contribution is 5.03. The van der Waals surface area contributed by atoms with Gasteiger partial charge in [0.05, 0.1) is 6.20 Å². The van der Waals surface area contributed by atoms with E-state index in [-0.39, 0.29) is 0 Å². The molecule has 0 bridgehead atoms. The highest BCUT2D eigenvalue weighted by Gasteiger charge is 2.19. The maximum atomic E-state index is 4.13. The first kappa shape index (κ1) is 8.75. The summed E-state index contributed by atoms with van der Waals surface area (Å²) >= 11 is 0. The third kappa shape index (κ3) is 2.84. The Morgan fingerprint density at radius 2 is 2.46 bits per heavy atom. The fourth-order valence-corrected chi connectivity index (χ4v) is 1.46. The third-order valence-electron chi connectivity index (χ3n) is 2.48. The van der Waals surface area contributed by atoms with Crippen LogP contribution in [0.25, 0.3) is 0 Å². The second-order valence-electron chi connectivity index (χ2n) is 3.92. The molecule has 0 saturated heterocycles. The zero-order valence-electron chi connectivity index (χ0n) is 8.16. The summed E-state index contributed by atoms with van der Waals surface area (Å²) in [5, 5.41) is 7.60. The highest BCUT2D eigenvalue weighted by Crippen LogP contribution is 2.27.